The molecule has 1 aliphatic carbocycles. The van der Waals surface area contributed by atoms with Gasteiger partial charge < -0.3 is 9.57 Å². The molecule has 2 atom stereocenters. The molecule has 0 amide bonds. The molecule has 0 saturated heterocycles. The van der Waals surface area contributed by atoms with Gasteiger partial charge in [-0.25, -0.2) is 4.79 Å². The van der Waals surface area contributed by atoms with Gasteiger partial charge in [-0.2, -0.15) is 0 Å². The third-order valence-corrected chi connectivity index (χ3v) is 3.84. The Balaban J connectivity index is 2.32. The molecule has 0 bridgehead atoms. The Morgan fingerprint density at radius 1 is 1.60 bits per heavy atom. The van der Waals surface area contributed by atoms with Crippen molar-refractivity contribution in [3.05, 3.63) is 0 Å². The quantitative estimate of drug-likeness (QED) is 0.655. The molecule has 2 unspecified atom stereocenters. The zero-order chi connectivity index (χ0) is 11.1. The van der Waals surface area contributed by atoms with E-state index in [-0.39, 0.29) is 11.4 Å². The van der Waals surface area contributed by atoms with Crippen LogP contribution in [0.2, 0.25) is 0 Å². The summed E-state index contributed by atoms with van der Waals surface area (Å²) >= 11 is 0. The lowest BCUT2D eigenvalue weighted by atomic mass is 9.73. The number of oxime groups is 1. The third-order valence-electron chi connectivity index (χ3n) is 3.84. The van der Waals surface area contributed by atoms with Crippen molar-refractivity contribution < 1.29 is 14.4 Å². The Morgan fingerprint density at radius 3 is 3.00 bits per heavy atom. The van der Waals surface area contributed by atoms with E-state index in [1.54, 1.807) is 0 Å². The van der Waals surface area contributed by atoms with E-state index >= 15 is 0 Å². The molecule has 0 radical (unpaired) electrons. The molecule has 4 nitrogen and oxygen atoms in total. The summed E-state index contributed by atoms with van der Waals surface area (Å²) in [5.74, 6) is -0.259. The van der Waals surface area contributed by atoms with E-state index in [1.165, 1.54) is 0 Å². The zero-order valence-electron chi connectivity index (χ0n) is 9.50. The first-order valence-electron chi connectivity index (χ1n) is 5.47. The maximum Gasteiger partial charge on any atom is 0.354 e. The van der Waals surface area contributed by atoms with Crippen molar-refractivity contribution in [1.82, 2.24) is 0 Å². The monoisotopic (exact) mass is 211 g/mol. The molecule has 1 aliphatic heterocycles. The summed E-state index contributed by atoms with van der Waals surface area (Å²) in [4.78, 5) is 17.4. The SMILES string of the molecule is CCOC(=O)C12CCCC1(C)C(C)=NO2. The minimum atomic E-state index is -0.840. The van der Waals surface area contributed by atoms with Crippen LogP contribution >= 0.6 is 0 Å². The van der Waals surface area contributed by atoms with Crippen LogP contribution in [-0.4, -0.2) is 23.9 Å². The molecule has 0 aromatic heterocycles. The average Bonchev–Trinajstić information content (AvgIpc) is 2.65. The highest BCUT2D eigenvalue weighted by Crippen LogP contribution is 2.53. The second kappa shape index (κ2) is 3.22. The zero-order valence-corrected chi connectivity index (χ0v) is 9.50. The highest BCUT2D eigenvalue weighted by atomic mass is 16.7. The molecule has 0 N–H and O–H groups in total. The van der Waals surface area contributed by atoms with Crippen LogP contribution in [0, 0.1) is 5.41 Å². The summed E-state index contributed by atoms with van der Waals surface area (Å²) in [5.41, 5.74) is -0.195. The van der Waals surface area contributed by atoms with Gasteiger partial charge in [-0.3, -0.25) is 0 Å². The van der Waals surface area contributed by atoms with Gasteiger partial charge >= 0.3 is 5.97 Å². The lowest BCUT2D eigenvalue weighted by Crippen LogP contribution is -2.50. The van der Waals surface area contributed by atoms with Gasteiger partial charge in [0, 0.05) is 6.42 Å². The molecule has 0 spiro atoms. The fourth-order valence-electron chi connectivity index (χ4n) is 2.65. The first kappa shape index (κ1) is 10.5. The Bertz CT molecular complexity index is 326. The Morgan fingerprint density at radius 2 is 2.33 bits per heavy atom. The summed E-state index contributed by atoms with van der Waals surface area (Å²) < 4.78 is 5.11. The first-order chi connectivity index (χ1) is 7.07. The highest BCUT2D eigenvalue weighted by Gasteiger charge is 2.65. The number of nitrogens with zero attached hydrogens (tertiary/aromatic N) is 1. The number of ether oxygens (including phenoxy) is 1. The molecule has 2 rings (SSSR count). The smallest absolute Gasteiger partial charge is 0.354 e. The van der Waals surface area contributed by atoms with Crippen molar-refractivity contribution >= 4 is 11.7 Å². The minimum absolute atomic E-state index is 0.259. The van der Waals surface area contributed by atoms with Gasteiger partial charge in [-0.05, 0) is 33.6 Å². The number of hydrogen-bond acceptors (Lipinski definition) is 4. The van der Waals surface area contributed by atoms with Crippen molar-refractivity contribution in [2.45, 2.75) is 45.6 Å². The molecular weight excluding hydrogens is 194 g/mol. The van der Waals surface area contributed by atoms with E-state index in [4.69, 9.17) is 9.57 Å². The van der Waals surface area contributed by atoms with E-state index in [0.29, 0.717) is 13.0 Å². The predicted octanol–water partition coefficient (Wildman–Crippen LogP) is 1.88. The van der Waals surface area contributed by atoms with Crippen LogP contribution in [-0.2, 0) is 14.4 Å². The average molecular weight is 211 g/mol. The Kier molecular flexibility index (Phi) is 2.24. The van der Waals surface area contributed by atoms with Crippen molar-refractivity contribution in [1.29, 1.82) is 0 Å². The Hall–Kier alpha value is -1.06. The lowest BCUT2D eigenvalue weighted by molar-refractivity contribution is -0.176. The van der Waals surface area contributed by atoms with E-state index in [2.05, 4.69) is 5.16 Å². The van der Waals surface area contributed by atoms with Gasteiger partial charge in [0.05, 0.1) is 17.7 Å². The molecule has 2 aliphatic rings. The molecule has 1 fully saturated rings. The molecule has 84 valence electrons. The molecule has 0 aromatic rings. The number of hydrogen-bond donors (Lipinski definition) is 0. The summed E-state index contributed by atoms with van der Waals surface area (Å²) in [6.45, 7) is 6.16. The third kappa shape index (κ3) is 1.13. The van der Waals surface area contributed by atoms with Gasteiger partial charge in [-0.15, -0.1) is 0 Å². The molecule has 1 heterocycles. The van der Waals surface area contributed by atoms with Crippen LogP contribution in [0.15, 0.2) is 5.16 Å². The molecule has 1 saturated carbocycles. The normalized spacial score (nSPS) is 38.2. The van der Waals surface area contributed by atoms with Crippen LogP contribution in [0.25, 0.3) is 0 Å². The largest absolute Gasteiger partial charge is 0.463 e. The number of rotatable bonds is 2. The lowest BCUT2D eigenvalue weighted by Gasteiger charge is -2.32. The van der Waals surface area contributed by atoms with Crippen LogP contribution in [0.3, 0.4) is 0 Å². The summed E-state index contributed by atoms with van der Waals surface area (Å²) in [6, 6.07) is 0. The number of fused-ring (bicyclic) bond motifs is 1. The fourth-order valence-corrected chi connectivity index (χ4v) is 2.65. The van der Waals surface area contributed by atoms with Gasteiger partial charge in [0.25, 0.3) is 0 Å². The maximum absolute atomic E-state index is 12.0. The molecule has 15 heavy (non-hydrogen) atoms. The van der Waals surface area contributed by atoms with Crippen molar-refractivity contribution in [2.24, 2.45) is 10.6 Å². The molecule has 0 aromatic carbocycles. The summed E-state index contributed by atoms with van der Waals surface area (Å²) in [6.07, 6.45) is 2.65. The number of carbonyl (C=O) groups is 1. The van der Waals surface area contributed by atoms with Gasteiger partial charge in [0.1, 0.15) is 0 Å². The van der Waals surface area contributed by atoms with Gasteiger partial charge in [0.2, 0.25) is 5.60 Å². The van der Waals surface area contributed by atoms with Crippen LogP contribution in [0.5, 0.6) is 0 Å². The maximum atomic E-state index is 12.0. The minimum Gasteiger partial charge on any atom is -0.463 e. The van der Waals surface area contributed by atoms with E-state index < -0.39 is 5.60 Å². The second-order valence-electron chi connectivity index (χ2n) is 4.50. The number of esters is 1. The fraction of sp³-hybridized carbons (Fsp3) is 0.818. The topological polar surface area (TPSA) is 47.9 Å². The summed E-state index contributed by atoms with van der Waals surface area (Å²) in [5, 5.41) is 3.98. The van der Waals surface area contributed by atoms with Crippen molar-refractivity contribution in [3.8, 4) is 0 Å². The van der Waals surface area contributed by atoms with Gasteiger partial charge in [-0.1, -0.05) is 5.16 Å². The predicted molar refractivity (Wildman–Crippen MR) is 55.5 cm³/mol. The standard InChI is InChI=1S/C11H17NO3/c1-4-14-9(13)11-7-5-6-10(11,3)8(2)12-15-11/h4-7H2,1-3H3. The van der Waals surface area contributed by atoms with Crippen LogP contribution in [0.4, 0.5) is 0 Å². The van der Waals surface area contributed by atoms with E-state index in [0.717, 1.165) is 18.6 Å². The Labute approximate surface area is 89.6 Å². The van der Waals surface area contributed by atoms with Gasteiger partial charge in [0.15, 0.2) is 0 Å². The summed E-state index contributed by atoms with van der Waals surface area (Å²) in [7, 11) is 0. The van der Waals surface area contributed by atoms with Crippen LogP contribution in [0.1, 0.15) is 40.0 Å². The highest BCUT2D eigenvalue weighted by molar-refractivity contribution is 5.98. The molecular formula is C11H17NO3. The molecule has 4 heteroatoms. The number of carbonyl (C=O) groups excluding carboxylic acids is 1. The first-order valence-corrected chi connectivity index (χ1v) is 5.47. The van der Waals surface area contributed by atoms with Crippen molar-refractivity contribution in [3.63, 3.8) is 0 Å². The van der Waals surface area contributed by atoms with Crippen LogP contribution < -0.4 is 0 Å². The second-order valence-corrected chi connectivity index (χ2v) is 4.50. The van der Waals surface area contributed by atoms with E-state index in [9.17, 15) is 4.79 Å². The van der Waals surface area contributed by atoms with Crippen molar-refractivity contribution in [2.75, 3.05) is 6.61 Å². The van der Waals surface area contributed by atoms with E-state index in [1.807, 2.05) is 20.8 Å².